The summed E-state index contributed by atoms with van der Waals surface area (Å²) in [4.78, 5) is 0. The van der Waals surface area contributed by atoms with Gasteiger partial charge >= 0.3 is 0 Å². The number of nitrogens with one attached hydrogen (secondary N) is 1. The average Bonchev–Trinajstić information content (AvgIpc) is 2.70. The molecule has 1 saturated heterocycles. The van der Waals surface area contributed by atoms with Crippen molar-refractivity contribution in [2.24, 2.45) is 17.8 Å². The van der Waals surface area contributed by atoms with Crippen LogP contribution >= 0.6 is 11.8 Å². The number of hydrogen-bond acceptors (Lipinski definition) is 2. The third-order valence-corrected chi connectivity index (χ3v) is 5.75. The lowest BCUT2D eigenvalue weighted by Gasteiger charge is -2.28. The fourth-order valence-corrected chi connectivity index (χ4v) is 4.26. The highest BCUT2D eigenvalue weighted by molar-refractivity contribution is 8.00. The van der Waals surface area contributed by atoms with E-state index < -0.39 is 0 Å². The molecule has 2 aliphatic carbocycles. The lowest BCUT2D eigenvalue weighted by molar-refractivity contribution is 0.307. The van der Waals surface area contributed by atoms with Gasteiger partial charge in [0.1, 0.15) is 0 Å². The molecule has 0 spiro atoms. The van der Waals surface area contributed by atoms with Crippen LogP contribution in [0, 0.1) is 17.8 Å². The summed E-state index contributed by atoms with van der Waals surface area (Å²) < 4.78 is 0. The van der Waals surface area contributed by atoms with E-state index in [0.29, 0.717) is 0 Å². The van der Waals surface area contributed by atoms with Crippen molar-refractivity contribution in [3.05, 3.63) is 0 Å². The van der Waals surface area contributed by atoms with Crippen molar-refractivity contribution >= 4 is 11.8 Å². The molecule has 0 aromatic heterocycles. The molecule has 0 radical (unpaired) electrons. The quantitative estimate of drug-likeness (QED) is 0.767. The van der Waals surface area contributed by atoms with Crippen LogP contribution in [0.3, 0.4) is 0 Å². The first-order valence-corrected chi connectivity index (χ1v) is 7.38. The molecule has 14 heavy (non-hydrogen) atoms. The summed E-state index contributed by atoms with van der Waals surface area (Å²) in [5.74, 6) is 6.06. The van der Waals surface area contributed by atoms with Gasteiger partial charge in [-0.3, -0.25) is 0 Å². The standard InChI is InChI=1S/C12H21NS/c1-2-10-5-9(1)6-11(10)3-4-13-12-7-14-8-12/h9-13H,1-8H2. The summed E-state index contributed by atoms with van der Waals surface area (Å²) in [5, 5.41) is 3.68. The molecular weight excluding hydrogens is 190 g/mol. The predicted molar refractivity (Wildman–Crippen MR) is 62.7 cm³/mol. The highest BCUT2D eigenvalue weighted by Crippen LogP contribution is 2.49. The monoisotopic (exact) mass is 211 g/mol. The Morgan fingerprint density at radius 3 is 2.64 bits per heavy atom. The van der Waals surface area contributed by atoms with Crippen molar-refractivity contribution in [1.29, 1.82) is 0 Å². The van der Waals surface area contributed by atoms with Crippen molar-refractivity contribution in [2.75, 3.05) is 18.1 Å². The fraction of sp³-hybridized carbons (Fsp3) is 1.00. The first kappa shape index (κ1) is 9.53. The highest BCUT2D eigenvalue weighted by atomic mass is 32.2. The largest absolute Gasteiger partial charge is 0.312 e. The van der Waals surface area contributed by atoms with E-state index in [1.54, 1.807) is 25.7 Å². The van der Waals surface area contributed by atoms with Gasteiger partial charge < -0.3 is 5.32 Å². The Hall–Kier alpha value is 0.310. The molecule has 3 aliphatic rings. The van der Waals surface area contributed by atoms with Crippen molar-refractivity contribution in [3.63, 3.8) is 0 Å². The molecule has 2 saturated carbocycles. The van der Waals surface area contributed by atoms with Crippen molar-refractivity contribution in [2.45, 2.75) is 38.1 Å². The lowest BCUT2D eigenvalue weighted by Crippen LogP contribution is -2.41. The summed E-state index contributed by atoms with van der Waals surface area (Å²) >= 11 is 2.08. The van der Waals surface area contributed by atoms with Crippen LogP contribution in [0.5, 0.6) is 0 Å². The minimum Gasteiger partial charge on any atom is -0.312 e. The van der Waals surface area contributed by atoms with Crippen LogP contribution in [0.15, 0.2) is 0 Å². The zero-order valence-electron chi connectivity index (χ0n) is 8.87. The molecule has 1 aliphatic heterocycles. The Balaban J connectivity index is 1.36. The maximum Gasteiger partial charge on any atom is 0.0248 e. The summed E-state index contributed by atoms with van der Waals surface area (Å²) in [7, 11) is 0. The smallest absolute Gasteiger partial charge is 0.0248 e. The van der Waals surface area contributed by atoms with Gasteiger partial charge in [0.25, 0.3) is 0 Å². The third-order valence-electron chi connectivity index (χ3n) is 4.47. The van der Waals surface area contributed by atoms with E-state index in [4.69, 9.17) is 0 Å². The third kappa shape index (κ3) is 1.83. The molecule has 0 aromatic carbocycles. The molecule has 1 N–H and O–H groups in total. The highest BCUT2D eigenvalue weighted by Gasteiger charge is 2.38. The first-order chi connectivity index (χ1) is 6.92. The van der Waals surface area contributed by atoms with Gasteiger partial charge in [-0.05, 0) is 50.0 Å². The predicted octanol–water partition coefficient (Wildman–Crippen LogP) is 2.52. The van der Waals surface area contributed by atoms with Gasteiger partial charge in [-0.1, -0.05) is 6.42 Å². The van der Waals surface area contributed by atoms with Gasteiger partial charge in [-0.2, -0.15) is 11.8 Å². The van der Waals surface area contributed by atoms with Crippen molar-refractivity contribution in [1.82, 2.24) is 5.32 Å². The maximum absolute atomic E-state index is 3.68. The minimum absolute atomic E-state index is 0.860. The molecule has 0 amide bonds. The van der Waals surface area contributed by atoms with Crippen LogP contribution in [0.4, 0.5) is 0 Å². The Kier molecular flexibility index (Phi) is 2.76. The summed E-state index contributed by atoms with van der Waals surface area (Å²) in [5.41, 5.74) is 0. The number of thioether (sulfide) groups is 1. The Bertz CT molecular complexity index is 202. The Labute approximate surface area is 91.4 Å². The SMILES string of the molecule is C(CC1CC2CCC1C2)NC1CSC1. The molecule has 2 bridgehead atoms. The molecule has 0 aromatic rings. The maximum atomic E-state index is 3.68. The second-order valence-corrected chi connectivity index (χ2v) is 6.49. The second kappa shape index (κ2) is 4.05. The van der Waals surface area contributed by atoms with Crippen molar-refractivity contribution in [3.8, 4) is 0 Å². The van der Waals surface area contributed by atoms with Crippen molar-refractivity contribution < 1.29 is 0 Å². The Morgan fingerprint density at radius 2 is 2.07 bits per heavy atom. The van der Waals surface area contributed by atoms with E-state index in [-0.39, 0.29) is 0 Å². The molecular formula is C12H21NS. The summed E-state index contributed by atoms with van der Waals surface area (Å²) in [6.07, 6.45) is 7.69. The lowest BCUT2D eigenvalue weighted by atomic mass is 9.86. The van der Waals surface area contributed by atoms with Crippen LogP contribution in [-0.2, 0) is 0 Å². The first-order valence-electron chi connectivity index (χ1n) is 6.23. The zero-order valence-corrected chi connectivity index (χ0v) is 9.69. The number of fused-ring (bicyclic) bond motifs is 2. The molecule has 3 fully saturated rings. The van der Waals surface area contributed by atoms with E-state index in [0.717, 1.165) is 23.8 Å². The molecule has 3 atom stereocenters. The normalized spacial score (nSPS) is 41.6. The zero-order chi connectivity index (χ0) is 9.38. The van der Waals surface area contributed by atoms with Gasteiger partial charge in [0.05, 0.1) is 0 Å². The van der Waals surface area contributed by atoms with Gasteiger partial charge in [-0.25, -0.2) is 0 Å². The van der Waals surface area contributed by atoms with Crippen LogP contribution in [0.2, 0.25) is 0 Å². The molecule has 80 valence electrons. The summed E-state index contributed by atoms with van der Waals surface area (Å²) in [6, 6.07) is 0.860. The summed E-state index contributed by atoms with van der Waals surface area (Å²) in [6.45, 7) is 1.29. The van der Waals surface area contributed by atoms with E-state index in [9.17, 15) is 0 Å². The molecule has 1 heterocycles. The average molecular weight is 211 g/mol. The van der Waals surface area contributed by atoms with Gasteiger partial charge in [0, 0.05) is 17.5 Å². The fourth-order valence-electron chi connectivity index (χ4n) is 3.56. The van der Waals surface area contributed by atoms with Crippen LogP contribution in [0.25, 0.3) is 0 Å². The van der Waals surface area contributed by atoms with E-state index in [1.165, 1.54) is 24.5 Å². The van der Waals surface area contributed by atoms with Crippen LogP contribution < -0.4 is 5.32 Å². The van der Waals surface area contributed by atoms with Gasteiger partial charge in [-0.15, -0.1) is 0 Å². The van der Waals surface area contributed by atoms with Gasteiger partial charge in [0.2, 0.25) is 0 Å². The van der Waals surface area contributed by atoms with Crippen LogP contribution in [0.1, 0.15) is 32.1 Å². The molecule has 2 heteroatoms. The van der Waals surface area contributed by atoms with E-state index >= 15 is 0 Å². The van der Waals surface area contributed by atoms with Gasteiger partial charge in [0.15, 0.2) is 0 Å². The number of rotatable bonds is 4. The Morgan fingerprint density at radius 1 is 1.14 bits per heavy atom. The van der Waals surface area contributed by atoms with Crippen LogP contribution in [-0.4, -0.2) is 24.1 Å². The topological polar surface area (TPSA) is 12.0 Å². The van der Waals surface area contributed by atoms with E-state index in [2.05, 4.69) is 17.1 Å². The molecule has 3 rings (SSSR count). The second-order valence-electron chi connectivity index (χ2n) is 5.41. The minimum atomic E-state index is 0.860. The number of hydrogen-bond donors (Lipinski definition) is 1. The van der Waals surface area contributed by atoms with E-state index in [1.807, 2.05) is 0 Å². The molecule has 3 unspecified atom stereocenters. The molecule has 1 nitrogen and oxygen atoms in total.